The van der Waals surface area contributed by atoms with E-state index in [2.05, 4.69) is 4.90 Å². The van der Waals surface area contributed by atoms with E-state index in [1.165, 1.54) is 12.8 Å². The lowest BCUT2D eigenvalue weighted by Gasteiger charge is -2.36. The molecule has 1 unspecified atom stereocenters. The smallest absolute Gasteiger partial charge is 0.383 e. The Balaban J connectivity index is 1.49. The molecule has 2 aliphatic carbocycles. The number of hydrogen-bond donors (Lipinski definition) is 1. The Morgan fingerprint density at radius 2 is 1.58 bits per heavy atom. The van der Waals surface area contributed by atoms with Crippen LogP contribution in [0.25, 0.3) is 0 Å². The molecule has 0 radical (unpaired) electrons. The van der Waals surface area contributed by atoms with Crippen molar-refractivity contribution < 1.29 is 23.1 Å². The fourth-order valence-electron chi connectivity index (χ4n) is 4.21. The van der Waals surface area contributed by atoms with Crippen molar-refractivity contribution >= 4 is 5.91 Å². The van der Waals surface area contributed by atoms with E-state index in [1.54, 1.807) is 0 Å². The molecule has 2 saturated carbocycles. The normalized spacial score (nSPS) is 25.8. The summed E-state index contributed by atoms with van der Waals surface area (Å²) in [5.41, 5.74) is 0. The van der Waals surface area contributed by atoms with E-state index >= 15 is 0 Å². The van der Waals surface area contributed by atoms with E-state index in [9.17, 15) is 23.1 Å². The Kier molecular flexibility index (Phi) is 5.39. The Labute approximate surface area is 141 Å². The summed E-state index contributed by atoms with van der Waals surface area (Å²) in [5.74, 6) is -0.607. The summed E-state index contributed by atoms with van der Waals surface area (Å²) in [6, 6.07) is 0.764. The van der Waals surface area contributed by atoms with Crippen LogP contribution in [0.2, 0.25) is 0 Å². The van der Waals surface area contributed by atoms with Crippen molar-refractivity contribution in [3.8, 4) is 0 Å². The molecule has 7 heteroatoms. The highest BCUT2D eigenvalue weighted by Gasteiger charge is 2.44. The van der Waals surface area contributed by atoms with Crippen molar-refractivity contribution in [3.05, 3.63) is 0 Å². The number of amides is 1. The molecule has 0 bridgehead atoms. The molecule has 24 heavy (non-hydrogen) atoms. The Morgan fingerprint density at radius 3 is 2.08 bits per heavy atom. The number of alkyl halides is 3. The van der Waals surface area contributed by atoms with E-state index < -0.39 is 18.2 Å². The number of carbonyl (C=O) groups excluding carboxylic acids is 1. The predicted octanol–water partition coefficient (Wildman–Crippen LogP) is 2.56. The zero-order chi connectivity index (χ0) is 17.3. The molecule has 1 amide bonds. The second-order valence-corrected chi connectivity index (χ2v) is 7.57. The minimum absolute atomic E-state index is 0.138. The summed E-state index contributed by atoms with van der Waals surface area (Å²) in [4.78, 5) is 16.7. The van der Waals surface area contributed by atoms with Crippen molar-refractivity contribution in [1.82, 2.24) is 9.80 Å². The van der Waals surface area contributed by atoms with Crippen LogP contribution in [0.15, 0.2) is 0 Å². The Morgan fingerprint density at radius 1 is 1.04 bits per heavy atom. The number of rotatable bonds is 5. The van der Waals surface area contributed by atoms with E-state index in [4.69, 9.17) is 0 Å². The fourth-order valence-corrected chi connectivity index (χ4v) is 4.21. The van der Waals surface area contributed by atoms with Gasteiger partial charge in [-0.2, -0.15) is 13.2 Å². The molecular weight excluding hydrogens is 321 g/mol. The maximum Gasteiger partial charge on any atom is 0.414 e. The molecule has 3 aliphatic rings. The van der Waals surface area contributed by atoms with Gasteiger partial charge in [-0.15, -0.1) is 0 Å². The lowest BCUT2D eigenvalue weighted by atomic mass is 9.91. The average molecular weight is 348 g/mol. The van der Waals surface area contributed by atoms with Gasteiger partial charge in [0.15, 0.2) is 6.10 Å². The van der Waals surface area contributed by atoms with Gasteiger partial charge in [-0.3, -0.25) is 9.69 Å². The van der Waals surface area contributed by atoms with Gasteiger partial charge >= 0.3 is 6.18 Å². The lowest BCUT2D eigenvalue weighted by Crippen LogP contribution is -2.49. The second kappa shape index (κ2) is 7.20. The monoisotopic (exact) mass is 348 g/mol. The second-order valence-electron chi connectivity index (χ2n) is 7.57. The maximum absolute atomic E-state index is 12.7. The minimum Gasteiger partial charge on any atom is -0.383 e. The highest BCUT2D eigenvalue weighted by molar-refractivity contribution is 5.79. The summed E-state index contributed by atoms with van der Waals surface area (Å²) in [6.45, 7) is 1.21. The van der Waals surface area contributed by atoms with Gasteiger partial charge in [0, 0.05) is 12.1 Å². The molecule has 3 rings (SSSR count). The zero-order valence-corrected chi connectivity index (χ0v) is 14.0. The Bertz CT molecular complexity index is 440. The van der Waals surface area contributed by atoms with Crippen molar-refractivity contribution in [3.63, 3.8) is 0 Å². The van der Waals surface area contributed by atoms with Crippen LogP contribution in [0.4, 0.5) is 13.2 Å². The molecule has 138 valence electrons. The van der Waals surface area contributed by atoms with Crippen molar-refractivity contribution in [1.29, 1.82) is 0 Å². The predicted molar refractivity (Wildman–Crippen MR) is 83.3 cm³/mol. The number of halogens is 3. The van der Waals surface area contributed by atoms with Gasteiger partial charge < -0.3 is 10.0 Å². The van der Waals surface area contributed by atoms with Gasteiger partial charge in [-0.05, 0) is 57.5 Å². The summed E-state index contributed by atoms with van der Waals surface area (Å²) in [5, 5.41) is 9.37. The van der Waals surface area contributed by atoms with Gasteiger partial charge in [-0.1, -0.05) is 12.8 Å². The molecule has 3 fully saturated rings. The number of carbonyl (C=O) groups is 1. The van der Waals surface area contributed by atoms with Crippen LogP contribution >= 0.6 is 0 Å². The van der Waals surface area contributed by atoms with Gasteiger partial charge in [0.2, 0.25) is 5.91 Å². The number of aliphatic hydroxyl groups is 1. The Hall–Kier alpha value is -0.820. The van der Waals surface area contributed by atoms with Crippen LogP contribution in [0.1, 0.15) is 51.4 Å². The third-order valence-electron chi connectivity index (χ3n) is 5.72. The van der Waals surface area contributed by atoms with E-state index in [1.807, 2.05) is 4.90 Å². The summed E-state index contributed by atoms with van der Waals surface area (Å²) in [6.07, 6.45) is 0.505. The quantitative estimate of drug-likeness (QED) is 0.830. The number of aliphatic hydroxyl groups excluding tert-OH is 1. The first-order valence-electron chi connectivity index (χ1n) is 9.14. The molecule has 1 atom stereocenters. The molecule has 1 aliphatic heterocycles. The van der Waals surface area contributed by atoms with Gasteiger partial charge in [0.25, 0.3) is 0 Å². The minimum atomic E-state index is -4.55. The standard InChI is InChI=1S/C17H27F3N2O2/c18-17(19,20)16(24)12-7-9-21(10-8-12)11-15(23)22(14-5-6-14)13-3-1-2-4-13/h12-14,16,24H,1-11H2. The fraction of sp³-hybridized carbons (Fsp3) is 0.941. The molecule has 0 aromatic heterocycles. The molecule has 4 nitrogen and oxygen atoms in total. The highest BCUT2D eigenvalue weighted by Crippen LogP contribution is 2.35. The largest absolute Gasteiger partial charge is 0.414 e. The van der Waals surface area contributed by atoms with Crippen molar-refractivity contribution in [2.75, 3.05) is 19.6 Å². The molecule has 1 N–H and O–H groups in total. The van der Waals surface area contributed by atoms with E-state index in [-0.39, 0.29) is 5.91 Å². The van der Waals surface area contributed by atoms with E-state index in [0.717, 1.165) is 25.7 Å². The van der Waals surface area contributed by atoms with Crippen LogP contribution < -0.4 is 0 Å². The molecule has 1 saturated heterocycles. The van der Waals surface area contributed by atoms with Crippen molar-refractivity contribution in [2.45, 2.75) is 75.7 Å². The summed E-state index contributed by atoms with van der Waals surface area (Å²) < 4.78 is 37.8. The van der Waals surface area contributed by atoms with Gasteiger partial charge in [0.05, 0.1) is 6.54 Å². The zero-order valence-electron chi connectivity index (χ0n) is 14.0. The third-order valence-corrected chi connectivity index (χ3v) is 5.72. The number of hydrogen-bond acceptors (Lipinski definition) is 3. The number of nitrogens with zero attached hydrogens (tertiary/aromatic N) is 2. The maximum atomic E-state index is 12.7. The first-order valence-corrected chi connectivity index (χ1v) is 9.14. The van der Waals surface area contributed by atoms with Crippen LogP contribution in [0.3, 0.4) is 0 Å². The number of piperidine rings is 1. The molecule has 0 spiro atoms. The SMILES string of the molecule is O=C(CN1CCC(C(O)C(F)(F)F)CC1)N(C1CCCC1)C1CC1. The van der Waals surface area contributed by atoms with Crippen LogP contribution in [0.5, 0.6) is 0 Å². The van der Waals surface area contributed by atoms with Gasteiger partial charge in [0.1, 0.15) is 0 Å². The molecule has 0 aromatic carbocycles. The lowest BCUT2D eigenvalue weighted by molar-refractivity contribution is -0.223. The highest BCUT2D eigenvalue weighted by atomic mass is 19.4. The third kappa shape index (κ3) is 4.23. The van der Waals surface area contributed by atoms with Crippen LogP contribution in [0, 0.1) is 5.92 Å². The first-order chi connectivity index (χ1) is 11.4. The summed E-state index contributed by atoms with van der Waals surface area (Å²) >= 11 is 0. The first kappa shape index (κ1) is 18.0. The number of likely N-dealkylation sites (tertiary alicyclic amines) is 1. The average Bonchev–Trinajstić information content (AvgIpc) is 3.20. The van der Waals surface area contributed by atoms with Crippen LogP contribution in [-0.4, -0.2) is 64.8 Å². The molecular formula is C17H27F3N2O2. The van der Waals surface area contributed by atoms with Gasteiger partial charge in [-0.25, -0.2) is 0 Å². The van der Waals surface area contributed by atoms with Crippen LogP contribution in [-0.2, 0) is 4.79 Å². The van der Waals surface area contributed by atoms with E-state index in [0.29, 0.717) is 44.6 Å². The molecule has 1 heterocycles. The van der Waals surface area contributed by atoms with Crippen molar-refractivity contribution in [2.24, 2.45) is 5.92 Å². The summed E-state index contributed by atoms with van der Waals surface area (Å²) in [7, 11) is 0. The topological polar surface area (TPSA) is 43.8 Å². The molecule has 0 aromatic rings.